The Morgan fingerprint density at radius 3 is 2.96 bits per heavy atom. The highest BCUT2D eigenvalue weighted by Gasteiger charge is 2.27. The van der Waals surface area contributed by atoms with E-state index in [4.69, 9.17) is 22.1 Å². The quantitative estimate of drug-likeness (QED) is 0.856. The number of halogens is 1. The Morgan fingerprint density at radius 1 is 1.38 bits per heavy atom. The maximum Gasteiger partial charge on any atom is 0.260 e. The first-order chi connectivity index (χ1) is 11.6. The van der Waals surface area contributed by atoms with Gasteiger partial charge in [-0.1, -0.05) is 29.8 Å². The molecule has 0 aliphatic carbocycles. The number of rotatable bonds is 5. The van der Waals surface area contributed by atoms with Gasteiger partial charge in [0, 0.05) is 19.1 Å². The summed E-state index contributed by atoms with van der Waals surface area (Å²) in [7, 11) is 0. The van der Waals surface area contributed by atoms with Crippen molar-refractivity contribution in [2.45, 2.75) is 12.5 Å². The molecule has 0 radical (unpaired) electrons. The van der Waals surface area contributed by atoms with Gasteiger partial charge in [-0.05, 0) is 18.6 Å². The van der Waals surface area contributed by atoms with E-state index in [1.54, 1.807) is 4.90 Å². The van der Waals surface area contributed by atoms with Crippen molar-refractivity contribution in [3.63, 3.8) is 0 Å². The van der Waals surface area contributed by atoms with Gasteiger partial charge < -0.3 is 20.7 Å². The van der Waals surface area contributed by atoms with Crippen molar-refractivity contribution in [2.75, 3.05) is 30.7 Å². The lowest BCUT2D eigenvalue weighted by Gasteiger charge is -2.18. The number of carbonyl (C=O) groups excluding carboxylic acids is 1. The molecule has 7 nitrogen and oxygen atoms in total. The van der Waals surface area contributed by atoms with Gasteiger partial charge in [-0.15, -0.1) is 0 Å². The molecule has 126 valence electrons. The van der Waals surface area contributed by atoms with Crippen LogP contribution >= 0.6 is 11.6 Å². The standard InChI is InChI=1S/C16H18ClN5O2/c17-14-15(18)19-10-20-16(14)21-11-6-7-22(8-11)13(23)9-24-12-4-2-1-3-5-12/h1-5,10-11H,6-9H2,(H3,18,19,20,21). The van der Waals surface area contributed by atoms with Crippen molar-refractivity contribution in [1.82, 2.24) is 14.9 Å². The highest BCUT2D eigenvalue weighted by molar-refractivity contribution is 6.35. The second-order valence-electron chi connectivity index (χ2n) is 5.49. The predicted molar refractivity (Wildman–Crippen MR) is 92.0 cm³/mol. The number of nitrogens with one attached hydrogen (secondary N) is 1. The zero-order valence-corrected chi connectivity index (χ0v) is 13.7. The molecule has 1 atom stereocenters. The minimum Gasteiger partial charge on any atom is -0.484 e. The molecule has 1 saturated heterocycles. The molecule has 1 aliphatic rings. The van der Waals surface area contributed by atoms with E-state index >= 15 is 0 Å². The molecule has 3 rings (SSSR count). The van der Waals surface area contributed by atoms with Gasteiger partial charge in [0.2, 0.25) is 0 Å². The number of carbonyl (C=O) groups is 1. The summed E-state index contributed by atoms with van der Waals surface area (Å²) in [6, 6.07) is 9.35. The number of amides is 1. The van der Waals surface area contributed by atoms with Crippen molar-refractivity contribution in [1.29, 1.82) is 0 Å². The fraction of sp³-hybridized carbons (Fsp3) is 0.312. The molecule has 1 aliphatic heterocycles. The molecule has 8 heteroatoms. The Hall–Kier alpha value is -2.54. The molecule has 1 fully saturated rings. The van der Waals surface area contributed by atoms with Crippen LogP contribution in [-0.2, 0) is 4.79 Å². The largest absolute Gasteiger partial charge is 0.484 e. The summed E-state index contributed by atoms with van der Waals surface area (Å²) >= 11 is 6.08. The zero-order valence-electron chi connectivity index (χ0n) is 13.0. The van der Waals surface area contributed by atoms with Gasteiger partial charge in [0.05, 0.1) is 0 Å². The molecule has 0 saturated carbocycles. The van der Waals surface area contributed by atoms with Gasteiger partial charge in [0.1, 0.15) is 22.9 Å². The molecule has 1 unspecified atom stereocenters. The van der Waals surface area contributed by atoms with Gasteiger partial charge in [-0.2, -0.15) is 0 Å². The van der Waals surface area contributed by atoms with E-state index in [2.05, 4.69) is 15.3 Å². The molecule has 2 heterocycles. The smallest absolute Gasteiger partial charge is 0.260 e. The SMILES string of the molecule is Nc1ncnc(NC2CCN(C(=O)COc3ccccc3)C2)c1Cl. The minimum atomic E-state index is -0.0450. The summed E-state index contributed by atoms with van der Waals surface area (Å²) in [4.78, 5) is 21.9. The molecule has 1 amide bonds. The topological polar surface area (TPSA) is 93.4 Å². The highest BCUT2D eigenvalue weighted by atomic mass is 35.5. The van der Waals surface area contributed by atoms with Crippen LogP contribution in [0.1, 0.15) is 6.42 Å². The molecule has 1 aromatic heterocycles. The summed E-state index contributed by atoms with van der Waals surface area (Å²) in [6.45, 7) is 1.25. The number of para-hydroxylation sites is 1. The Labute approximate surface area is 144 Å². The normalized spacial score (nSPS) is 16.9. The average Bonchev–Trinajstić information content (AvgIpc) is 3.06. The van der Waals surface area contributed by atoms with Crippen LogP contribution in [0.5, 0.6) is 5.75 Å². The first-order valence-corrected chi connectivity index (χ1v) is 7.99. The maximum absolute atomic E-state index is 12.2. The second kappa shape index (κ2) is 7.35. The van der Waals surface area contributed by atoms with Crippen molar-refractivity contribution in [2.24, 2.45) is 0 Å². The molecule has 24 heavy (non-hydrogen) atoms. The summed E-state index contributed by atoms with van der Waals surface area (Å²) in [5.41, 5.74) is 5.66. The first kappa shape index (κ1) is 16.3. The second-order valence-corrected chi connectivity index (χ2v) is 5.87. The molecular weight excluding hydrogens is 330 g/mol. The lowest BCUT2D eigenvalue weighted by molar-refractivity contribution is -0.132. The van der Waals surface area contributed by atoms with Crippen molar-refractivity contribution in [3.05, 3.63) is 41.7 Å². The third-order valence-corrected chi connectivity index (χ3v) is 4.18. The van der Waals surface area contributed by atoms with Gasteiger partial charge in [0.25, 0.3) is 5.91 Å². The number of nitrogen functional groups attached to an aromatic ring is 1. The maximum atomic E-state index is 12.2. The summed E-state index contributed by atoms with van der Waals surface area (Å²) in [5.74, 6) is 1.36. The number of nitrogens with zero attached hydrogens (tertiary/aromatic N) is 3. The van der Waals surface area contributed by atoms with Crippen LogP contribution in [-0.4, -0.2) is 46.5 Å². The third kappa shape index (κ3) is 3.86. The zero-order chi connectivity index (χ0) is 16.9. The van der Waals surface area contributed by atoms with Crippen LogP contribution < -0.4 is 15.8 Å². The van der Waals surface area contributed by atoms with E-state index in [0.29, 0.717) is 29.7 Å². The van der Waals surface area contributed by atoms with Crippen molar-refractivity contribution < 1.29 is 9.53 Å². The minimum absolute atomic E-state index is 0.0257. The molecule has 0 spiro atoms. The van der Waals surface area contributed by atoms with Crippen LogP contribution in [0.4, 0.5) is 11.6 Å². The van der Waals surface area contributed by atoms with Crippen LogP contribution in [0.3, 0.4) is 0 Å². The van der Waals surface area contributed by atoms with E-state index < -0.39 is 0 Å². The van der Waals surface area contributed by atoms with Gasteiger partial charge in [-0.25, -0.2) is 9.97 Å². The van der Waals surface area contributed by atoms with Crippen molar-refractivity contribution >= 4 is 29.1 Å². The van der Waals surface area contributed by atoms with E-state index in [1.807, 2.05) is 30.3 Å². The van der Waals surface area contributed by atoms with Crippen LogP contribution in [0.25, 0.3) is 0 Å². The monoisotopic (exact) mass is 347 g/mol. The van der Waals surface area contributed by atoms with Gasteiger partial charge >= 0.3 is 0 Å². The Kier molecular flexibility index (Phi) is 5.00. The predicted octanol–water partition coefficient (Wildman–Crippen LogP) is 1.80. The summed E-state index contributed by atoms with van der Waals surface area (Å²) in [6.07, 6.45) is 2.16. The fourth-order valence-electron chi connectivity index (χ4n) is 2.54. The lowest BCUT2D eigenvalue weighted by Crippen LogP contribution is -2.35. The number of hydrogen-bond acceptors (Lipinski definition) is 6. The Balaban J connectivity index is 1.51. The first-order valence-electron chi connectivity index (χ1n) is 7.61. The molecule has 2 aromatic rings. The summed E-state index contributed by atoms with van der Waals surface area (Å²) < 4.78 is 5.50. The number of benzene rings is 1. The Morgan fingerprint density at radius 2 is 2.17 bits per heavy atom. The number of aromatic nitrogens is 2. The van der Waals surface area contributed by atoms with Crippen LogP contribution in [0, 0.1) is 0 Å². The number of nitrogens with two attached hydrogens (primary N) is 1. The van der Waals surface area contributed by atoms with Crippen molar-refractivity contribution in [3.8, 4) is 5.75 Å². The Bertz CT molecular complexity index is 713. The number of likely N-dealkylation sites (tertiary alicyclic amines) is 1. The molecule has 1 aromatic carbocycles. The van der Waals surface area contributed by atoms with E-state index in [9.17, 15) is 4.79 Å². The fourth-order valence-corrected chi connectivity index (χ4v) is 2.69. The molecule has 0 bridgehead atoms. The molecular formula is C16H18ClN5O2. The number of hydrogen-bond donors (Lipinski definition) is 2. The van der Waals surface area contributed by atoms with Crippen LogP contribution in [0.15, 0.2) is 36.7 Å². The van der Waals surface area contributed by atoms with Crippen LogP contribution in [0.2, 0.25) is 5.02 Å². The van der Waals surface area contributed by atoms with Gasteiger partial charge in [-0.3, -0.25) is 4.79 Å². The molecule has 3 N–H and O–H groups in total. The van der Waals surface area contributed by atoms with E-state index in [0.717, 1.165) is 6.42 Å². The summed E-state index contributed by atoms with van der Waals surface area (Å²) in [5, 5.41) is 3.51. The van der Waals surface area contributed by atoms with E-state index in [-0.39, 0.29) is 24.4 Å². The van der Waals surface area contributed by atoms with Gasteiger partial charge in [0.15, 0.2) is 12.4 Å². The number of ether oxygens (including phenoxy) is 1. The lowest BCUT2D eigenvalue weighted by atomic mass is 10.2. The number of anilines is 2. The third-order valence-electron chi connectivity index (χ3n) is 3.80. The van der Waals surface area contributed by atoms with E-state index in [1.165, 1.54) is 6.33 Å². The average molecular weight is 348 g/mol. The highest BCUT2D eigenvalue weighted by Crippen LogP contribution is 2.25.